The highest BCUT2D eigenvalue weighted by Gasteiger charge is 2.28. The number of benzene rings is 3. The molecule has 0 aliphatic carbocycles. The van der Waals surface area contributed by atoms with Gasteiger partial charge >= 0.3 is 0 Å². The Kier molecular flexibility index (Phi) is 6.47. The van der Waals surface area contributed by atoms with Crippen LogP contribution in [0.15, 0.2) is 77.7 Å². The van der Waals surface area contributed by atoms with Crippen molar-refractivity contribution < 1.29 is 22.7 Å². The minimum atomic E-state index is -4.04. The number of fused-ring (bicyclic) bond motifs is 1. The van der Waals surface area contributed by atoms with E-state index in [-0.39, 0.29) is 17.0 Å². The Balaban J connectivity index is 1.63. The molecule has 0 radical (unpaired) electrons. The number of sulfonamides is 1. The van der Waals surface area contributed by atoms with E-state index in [0.717, 1.165) is 9.87 Å². The lowest BCUT2D eigenvalue weighted by molar-refractivity contribution is -0.114. The van der Waals surface area contributed by atoms with Crippen LogP contribution in [0, 0.1) is 11.3 Å². The molecular weight excluding hydrogens is 442 g/mol. The normalized spacial score (nSPS) is 12.5. The second-order valence-corrected chi connectivity index (χ2v) is 9.09. The molecule has 9 heteroatoms. The van der Waals surface area contributed by atoms with Crippen LogP contribution in [0.1, 0.15) is 5.56 Å². The van der Waals surface area contributed by atoms with Gasteiger partial charge in [-0.05, 0) is 42.0 Å². The molecule has 1 aliphatic heterocycles. The van der Waals surface area contributed by atoms with Crippen molar-refractivity contribution in [2.75, 3.05) is 29.4 Å². The molecule has 1 amide bonds. The van der Waals surface area contributed by atoms with Gasteiger partial charge < -0.3 is 14.8 Å². The number of carbonyl (C=O) groups excluding carboxylic acids is 1. The molecule has 1 N–H and O–H groups in total. The third-order valence-corrected chi connectivity index (χ3v) is 6.74. The van der Waals surface area contributed by atoms with Crippen molar-refractivity contribution in [3.63, 3.8) is 0 Å². The first-order valence-electron chi connectivity index (χ1n) is 10.2. The first kappa shape index (κ1) is 22.2. The van der Waals surface area contributed by atoms with Crippen molar-refractivity contribution in [3.05, 3.63) is 78.4 Å². The topological polar surface area (TPSA) is 109 Å². The van der Waals surface area contributed by atoms with Crippen LogP contribution in [0.25, 0.3) is 0 Å². The van der Waals surface area contributed by atoms with E-state index >= 15 is 0 Å². The molecule has 0 spiro atoms. The van der Waals surface area contributed by atoms with Gasteiger partial charge in [0.2, 0.25) is 5.91 Å². The van der Waals surface area contributed by atoms with Crippen LogP contribution < -0.4 is 19.1 Å². The van der Waals surface area contributed by atoms with E-state index in [1.165, 1.54) is 12.1 Å². The first-order chi connectivity index (χ1) is 16.0. The van der Waals surface area contributed by atoms with Gasteiger partial charge in [0.1, 0.15) is 19.8 Å². The second kappa shape index (κ2) is 9.63. The van der Waals surface area contributed by atoms with Gasteiger partial charge in [0.05, 0.1) is 23.1 Å². The second-order valence-electron chi connectivity index (χ2n) is 7.23. The van der Waals surface area contributed by atoms with Gasteiger partial charge in [-0.25, -0.2) is 8.42 Å². The number of hydrogen-bond acceptors (Lipinski definition) is 6. The largest absolute Gasteiger partial charge is 0.486 e. The van der Waals surface area contributed by atoms with Crippen LogP contribution in [0.4, 0.5) is 11.4 Å². The number of nitriles is 1. The number of hydrogen-bond donors (Lipinski definition) is 1. The number of anilines is 2. The van der Waals surface area contributed by atoms with E-state index in [2.05, 4.69) is 11.4 Å². The van der Waals surface area contributed by atoms with E-state index in [4.69, 9.17) is 14.7 Å². The lowest BCUT2D eigenvalue weighted by Gasteiger charge is -2.26. The predicted molar refractivity (Wildman–Crippen MR) is 123 cm³/mol. The monoisotopic (exact) mass is 463 g/mol. The van der Waals surface area contributed by atoms with Gasteiger partial charge in [0.25, 0.3) is 10.0 Å². The molecule has 0 saturated heterocycles. The van der Waals surface area contributed by atoms with Crippen LogP contribution >= 0.6 is 0 Å². The molecule has 168 valence electrons. The summed E-state index contributed by atoms with van der Waals surface area (Å²) in [5.41, 5.74) is 1.60. The van der Waals surface area contributed by atoms with Gasteiger partial charge in [-0.2, -0.15) is 5.26 Å². The highest BCUT2D eigenvalue weighted by Crippen LogP contribution is 2.35. The summed E-state index contributed by atoms with van der Waals surface area (Å²) in [6.45, 7) is 0.314. The number of nitrogens with one attached hydrogen (secondary N) is 1. The summed E-state index contributed by atoms with van der Waals surface area (Å²) in [6, 6.07) is 21.6. The average Bonchev–Trinajstić information content (AvgIpc) is 2.84. The lowest BCUT2D eigenvalue weighted by atomic mass is 10.1. The molecule has 4 rings (SSSR count). The lowest BCUT2D eigenvalue weighted by Crippen LogP contribution is -2.38. The SMILES string of the molecule is N#CCc1ccc(NC(=O)CN(c2ccc3c(c2)OCCO3)S(=O)(=O)c2ccccc2)cc1. The first-order valence-corrected chi connectivity index (χ1v) is 11.6. The Bertz CT molecular complexity index is 1290. The summed E-state index contributed by atoms with van der Waals surface area (Å²) in [4.78, 5) is 12.9. The smallest absolute Gasteiger partial charge is 0.264 e. The highest BCUT2D eigenvalue weighted by atomic mass is 32.2. The fourth-order valence-corrected chi connectivity index (χ4v) is 4.78. The molecule has 0 atom stereocenters. The Labute approximate surface area is 192 Å². The van der Waals surface area contributed by atoms with Crippen LogP contribution in [0.2, 0.25) is 0 Å². The summed E-state index contributed by atoms with van der Waals surface area (Å²) in [7, 11) is -4.04. The summed E-state index contributed by atoms with van der Waals surface area (Å²) in [6.07, 6.45) is 0.265. The number of ether oxygens (including phenoxy) is 2. The van der Waals surface area contributed by atoms with E-state index in [0.29, 0.717) is 30.4 Å². The molecule has 0 fully saturated rings. The van der Waals surface area contributed by atoms with Crippen molar-refractivity contribution >= 4 is 27.3 Å². The Morgan fingerprint density at radius 3 is 2.36 bits per heavy atom. The maximum atomic E-state index is 13.4. The van der Waals surface area contributed by atoms with Gasteiger partial charge in [-0.3, -0.25) is 9.10 Å². The third-order valence-electron chi connectivity index (χ3n) is 4.95. The fraction of sp³-hybridized carbons (Fsp3) is 0.167. The Hall–Kier alpha value is -4.03. The van der Waals surface area contributed by atoms with Crippen molar-refractivity contribution in [1.29, 1.82) is 5.26 Å². The predicted octanol–water partition coefficient (Wildman–Crippen LogP) is 3.36. The molecule has 1 heterocycles. The minimum absolute atomic E-state index is 0.0635. The maximum Gasteiger partial charge on any atom is 0.264 e. The minimum Gasteiger partial charge on any atom is -0.486 e. The highest BCUT2D eigenvalue weighted by molar-refractivity contribution is 7.92. The molecule has 0 aromatic heterocycles. The number of nitrogens with zero attached hydrogens (tertiary/aromatic N) is 2. The number of amides is 1. The van der Waals surface area contributed by atoms with Gasteiger partial charge in [-0.15, -0.1) is 0 Å². The molecule has 0 bridgehead atoms. The third kappa shape index (κ3) is 5.07. The summed E-state index contributed by atoms with van der Waals surface area (Å²) in [5, 5.41) is 11.5. The molecule has 1 aliphatic rings. The molecule has 8 nitrogen and oxygen atoms in total. The van der Waals surface area contributed by atoms with E-state index in [9.17, 15) is 13.2 Å². The molecule has 3 aromatic rings. The van der Waals surface area contributed by atoms with Crippen molar-refractivity contribution in [2.24, 2.45) is 0 Å². The molecular formula is C24H21N3O5S. The van der Waals surface area contributed by atoms with Crippen molar-refractivity contribution in [1.82, 2.24) is 0 Å². The van der Waals surface area contributed by atoms with Crippen LogP contribution in [0.3, 0.4) is 0 Å². The van der Waals surface area contributed by atoms with E-state index < -0.39 is 22.5 Å². The van der Waals surface area contributed by atoms with E-state index in [1.807, 2.05) is 0 Å². The van der Waals surface area contributed by atoms with Gasteiger partial charge in [-0.1, -0.05) is 30.3 Å². The average molecular weight is 464 g/mol. The molecule has 33 heavy (non-hydrogen) atoms. The Morgan fingerprint density at radius 2 is 1.67 bits per heavy atom. The summed E-state index contributed by atoms with van der Waals surface area (Å²) < 4.78 is 39.1. The quantitative estimate of drug-likeness (QED) is 0.576. The molecule has 0 unspecified atom stereocenters. The van der Waals surface area contributed by atoms with E-state index in [1.54, 1.807) is 60.7 Å². The van der Waals surface area contributed by atoms with Crippen LogP contribution in [-0.4, -0.2) is 34.1 Å². The molecule has 3 aromatic carbocycles. The molecule has 0 saturated carbocycles. The summed E-state index contributed by atoms with van der Waals surface area (Å²) in [5.74, 6) is 0.418. The van der Waals surface area contributed by atoms with Crippen LogP contribution in [0.5, 0.6) is 11.5 Å². The van der Waals surface area contributed by atoms with Crippen molar-refractivity contribution in [3.8, 4) is 17.6 Å². The van der Waals surface area contributed by atoms with Crippen molar-refractivity contribution in [2.45, 2.75) is 11.3 Å². The Morgan fingerprint density at radius 1 is 0.970 bits per heavy atom. The number of rotatable bonds is 7. The zero-order chi connectivity index (χ0) is 23.3. The summed E-state index contributed by atoms with van der Waals surface area (Å²) >= 11 is 0. The zero-order valence-electron chi connectivity index (χ0n) is 17.6. The number of carbonyl (C=O) groups is 1. The maximum absolute atomic E-state index is 13.4. The standard InChI is InChI=1S/C24H21N3O5S/c25-13-12-18-6-8-19(9-7-18)26-24(28)17-27(33(29,30)21-4-2-1-3-5-21)20-10-11-22-23(16-20)32-15-14-31-22/h1-11,16H,12,14-15,17H2,(H,26,28). The van der Waals surface area contributed by atoms with Crippen LogP contribution in [-0.2, 0) is 21.2 Å². The zero-order valence-corrected chi connectivity index (χ0v) is 18.4. The fourth-order valence-electron chi connectivity index (χ4n) is 3.35. The van der Waals surface area contributed by atoms with Gasteiger partial charge in [0.15, 0.2) is 11.5 Å². The van der Waals surface area contributed by atoms with Gasteiger partial charge in [0, 0.05) is 11.8 Å².